The van der Waals surface area contributed by atoms with E-state index in [0.717, 1.165) is 54.7 Å². The van der Waals surface area contributed by atoms with E-state index in [1.807, 2.05) is 12.1 Å². The van der Waals surface area contributed by atoms with Gasteiger partial charge in [0.1, 0.15) is 12.4 Å². The Hall–Kier alpha value is -1.93. The van der Waals surface area contributed by atoms with E-state index in [2.05, 4.69) is 4.90 Å². The summed E-state index contributed by atoms with van der Waals surface area (Å²) in [6.45, 7) is 3.06. The van der Waals surface area contributed by atoms with Crippen LogP contribution in [0.5, 0.6) is 0 Å². The highest BCUT2D eigenvalue weighted by atomic mass is 32.2. The van der Waals surface area contributed by atoms with Gasteiger partial charge in [0.25, 0.3) is 5.24 Å². The number of carbonyl (C=O) groups is 3. The summed E-state index contributed by atoms with van der Waals surface area (Å²) in [5, 5.41) is -0.344. The van der Waals surface area contributed by atoms with Gasteiger partial charge in [0.05, 0.1) is 5.75 Å². The lowest BCUT2D eigenvalue weighted by atomic mass is 9.97. The number of likely N-dealkylation sites (N-methyl/N-ethyl adjacent to an activating group) is 1. The summed E-state index contributed by atoms with van der Waals surface area (Å²) >= 11 is 0.941. The van der Waals surface area contributed by atoms with E-state index in [9.17, 15) is 18.8 Å². The van der Waals surface area contributed by atoms with Crippen LogP contribution in [0.4, 0.5) is 9.18 Å². The second kappa shape index (κ2) is 9.52. The molecule has 2 aliphatic rings. The van der Waals surface area contributed by atoms with Crippen LogP contribution in [0.25, 0.3) is 0 Å². The van der Waals surface area contributed by atoms with Crippen molar-refractivity contribution in [3.05, 3.63) is 35.6 Å². The van der Waals surface area contributed by atoms with E-state index in [1.54, 1.807) is 18.0 Å². The average Bonchev–Trinajstić information content (AvgIpc) is 2.99. The highest BCUT2D eigenvalue weighted by molar-refractivity contribution is 8.14. The van der Waals surface area contributed by atoms with Gasteiger partial charge < -0.3 is 9.80 Å². The van der Waals surface area contributed by atoms with Crippen LogP contribution in [-0.4, -0.2) is 77.3 Å². The Balaban J connectivity index is 1.46. The van der Waals surface area contributed by atoms with Crippen molar-refractivity contribution in [2.45, 2.75) is 19.3 Å². The van der Waals surface area contributed by atoms with Crippen LogP contribution in [0.15, 0.2) is 24.3 Å². The number of likely N-dealkylation sites (tertiary alicyclic amines) is 1. The second-order valence-corrected chi connectivity index (χ2v) is 8.39. The van der Waals surface area contributed by atoms with Crippen molar-refractivity contribution in [3.8, 4) is 0 Å². The van der Waals surface area contributed by atoms with E-state index in [4.69, 9.17) is 0 Å². The van der Waals surface area contributed by atoms with Crippen molar-refractivity contribution in [2.75, 3.05) is 45.5 Å². The molecule has 8 heteroatoms. The molecule has 0 bridgehead atoms. The molecular weight excluding hydrogens is 381 g/mol. The van der Waals surface area contributed by atoms with Gasteiger partial charge in [-0.25, -0.2) is 4.39 Å². The number of nitrogens with zero attached hydrogens (tertiary/aromatic N) is 3. The number of piperidine rings is 1. The first-order chi connectivity index (χ1) is 13.4. The van der Waals surface area contributed by atoms with Crippen LogP contribution < -0.4 is 0 Å². The summed E-state index contributed by atoms with van der Waals surface area (Å²) in [4.78, 5) is 40.7. The third-order valence-electron chi connectivity index (χ3n) is 5.35. The topological polar surface area (TPSA) is 60.9 Å². The molecule has 152 valence electrons. The molecule has 2 fully saturated rings. The van der Waals surface area contributed by atoms with Crippen LogP contribution in [0.1, 0.15) is 18.4 Å². The van der Waals surface area contributed by atoms with Crippen molar-refractivity contribution < 1.29 is 18.8 Å². The lowest BCUT2D eigenvalue weighted by Gasteiger charge is -2.35. The summed E-state index contributed by atoms with van der Waals surface area (Å²) in [6, 6.07) is 6.86. The molecule has 2 saturated heterocycles. The molecule has 3 rings (SSSR count). The Morgan fingerprint density at radius 1 is 1.32 bits per heavy atom. The Labute approximate surface area is 169 Å². The number of imide groups is 1. The minimum atomic E-state index is -0.344. The van der Waals surface area contributed by atoms with Crippen LogP contribution in [0, 0.1) is 11.7 Å². The number of halogens is 1. The minimum absolute atomic E-state index is 0.120. The lowest BCUT2D eigenvalue weighted by molar-refractivity contribution is -0.136. The van der Waals surface area contributed by atoms with Gasteiger partial charge in [-0.3, -0.25) is 19.3 Å². The average molecular weight is 408 g/mol. The highest BCUT2D eigenvalue weighted by Crippen LogP contribution is 2.20. The van der Waals surface area contributed by atoms with E-state index >= 15 is 0 Å². The van der Waals surface area contributed by atoms with Crippen LogP contribution in [0.3, 0.4) is 0 Å². The quantitative estimate of drug-likeness (QED) is 0.694. The fourth-order valence-corrected chi connectivity index (χ4v) is 4.49. The highest BCUT2D eigenvalue weighted by Gasteiger charge is 2.32. The zero-order valence-corrected chi connectivity index (χ0v) is 16.9. The molecule has 1 aromatic carbocycles. The van der Waals surface area contributed by atoms with Crippen molar-refractivity contribution >= 4 is 28.8 Å². The van der Waals surface area contributed by atoms with Crippen molar-refractivity contribution in [2.24, 2.45) is 5.92 Å². The van der Waals surface area contributed by atoms with E-state index in [-0.39, 0.29) is 35.2 Å². The number of benzene rings is 1. The van der Waals surface area contributed by atoms with Gasteiger partial charge in [-0.1, -0.05) is 30.0 Å². The molecule has 0 saturated carbocycles. The molecule has 1 aromatic rings. The molecule has 0 N–H and O–H groups in total. The molecule has 0 aliphatic carbocycles. The summed E-state index contributed by atoms with van der Waals surface area (Å²) < 4.78 is 13.8. The largest absolute Gasteiger partial charge is 0.344 e. The maximum Gasteiger partial charge on any atom is 0.289 e. The number of hydrogen-bond donors (Lipinski definition) is 0. The molecule has 0 aromatic heterocycles. The van der Waals surface area contributed by atoms with Gasteiger partial charge in [-0.05, 0) is 43.4 Å². The molecule has 1 atom stereocenters. The zero-order chi connectivity index (χ0) is 20.1. The Morgan fingerprint density at radius 3 is 2.82 bits per heavy atom. The number of carbonyl (C=O) groups excluding carboxylic acids is 3. The Bertz CT molecular complexity index is 729. The van der Waals surface area contributed by atoms with Gasteiger partial charge in [0.2, 0.25) is 11.8 Å². The fourth-order valence-electron chi connectivity index (χ4n) is 3.76. The maximum atomic E-state index is 13.8. The van der Waals surface area contributed by atoms with Crippen molar-refractivity contribution in [3.63, 3.8) is 0 Å². The fraction of sp³-hybridized carbons (Fsp3) is 0.550. The van der Waals surface area contributed by atoms with Gasteiger partial charge in [-0.2, -0.15) is 0 Å². The van der Waals surface area contributed by atoms with Crippen LogP contribution in [0.2, 0.25) is 0 Å². The molecule has 0 radical (unpaired) electrons. The molecular formula is C20H26FN3O3S. The lowest BCUT2D eigenvalue weighted by Crippen LogP contribution is -2.45. The van der Waals surface area contributed by atoms with E-state index < -0.39 is 0 Å². The normalized spacial score (nSPS) is 20.6. The first-order valence-corrected chi connectivity index (χ1v) is 10.6. The maximum absolute atomic E-state index is 13.8. The number of rotatable bonds is 7. The predicted octanol–water partition coefficient (Wildman–Crippen LogP) is 2.23. The first-order valence-electron chi connectivity index (χ1n) is 9.61. The molecule has 2 heterocycles. The first kappa shape index (κ1) is 20.8. The number of amides is 3. The van der Waals surface area contributed by atoms with Gasteiger partial charge >= 0.3 is 0 Å². The minimum Gasteiger partial charge on any atom is -0.344 e. The van der Waals surface area contributed by atoms with Crippen LogP contribution in [-0.2, 0) is 16.0 Å². The number of thioether (sulfide) groups is 1. The molecule has 0 unspecified atom stereocenters. The molecule has 2 aliphatic heterocycles. The molecule has 6 nitrogen and oxygen atoms in total. The van der Waals surface area contributed by atoms with E-state index in [1.165, 1.54) is 6.07 Å². The predicted molar refractivity (Wildman–Crippen MR) is 106 cm³/mol. The summed E-state index contributed by atoms with van der Waals surface area (Å²) in [7, 11) is 1.72. The zero-order valence-electron chi connectivity index (χ0n) is 16.1. The third kappa shape index (κ3) is 5.32. The summed E-state index contributed by atoms with van der Waals surface area (Å²) in [5.74, 6) is -0.218. The summed E-state index contributed by atoms with van der Waals surface area (Å²) in [6.07, 6.45) is 2.75. The Kier molecular flexibility index (Phi) is 7.07. The van der Waals surface area contributed by atoms with Crippen molar-refractivity contribution in [1.82, 2.24) is 14.7 Å². The summed E-state index contributed by atoms with van der Waals surface area (Å²) in [5.41, 5.74) is 0.731. The smallest absolute Gasteiger partial charge is 0.289 e. The third-order valence-corrected chi connectivity index (χ3v) is 6.21. The van der Waals surface area contributed by atoms with Gasteiger partial charge in [-0.15, -0.1) is 0 Å². The van der Waals surface area contributed by atoms with Gasteiger partial charge in [0, 0.05) is 26.7 Å². The van der Waals surface area contributed by atoms with Crippen molar-refractivity contribution in [1.29, 1.82) is 0 Å². The molecule has 28 heavy (non-hydrogen) atoms. The van der Waals surface area contributed by atoms with Gasteiger partial charge in [0.15, 0.2) is 0 Å². The standard InChI is InChI=1S/C20H26FN3O3S/c1-22(18(25)13-24-19(26)14-28-20(24)27)11-15-5-4-9-23(12-15)10-8-16-6-2-3-7-17(16)21/h2-3,6-7,15H,4-5,8-14H2,1H3/t15-/m0/s1. The number of hydrogen-bond acceptors (Lipinski definition) is 5. The molecule has 3 amide bonds. The second-order valence-electron chi connectivity index (χ2n) is 7.46. The van der Waals surface area contributed by atoms with Crippen LogP contribution >= 0.6 is 11.8 Å². The monoisotopic (exact) mass is 407 g/mol. The SMILES string of the molecule is CN(C[C@@H]1CCCN(CCc2ccccc2F)C1)C(=O)CN1C(=O)CSC1=O. The van der Waals surface area contributed by atoms with E-state index in [0.29, 0.717) is 18.9 Å². The Morgan fingerprint density at radius 2 is 2.11 bits per heavy atom. The molecule has 0 spiro atoms.